The highest BCUT2D eigenvalue weighted by Crippen LogP contribution is 2.25. The molecular weight excluding hydrogens is 380 g/mol. The molecule has 0 aliphatic heterocycles. The van der Waals surface area contributed by atoms with Crippen LogP contribution in [-0.4, -0.2) is 5.97 Å². The molecular formula is C21H17BrO3. The number of halogens is 1. The van der Waals surface area contributed by atoms with Crippen molar-refractivity contribution in [2.75, 3.05) is 0 Å². The molecule has 0 saturated heterocycles. The van der Waals surface area contributed by atoms with E-state index >= 15 is 0 Å². The molecule has 0 heterocycles. The standard InChI is InChI=1S/C21H17BrO3/c22-20-13-18(24-14-16-7-3-1-4-8-16)11-12-19(20)21(23)25-15-17-9-5-2-6-10-17/h1-13H,14-15H2. The van der Waals surface area contributed by atoms with Crippen molar-refractivity contribution in [1.29, 1.82) is 0 Å². The Kier molecular flexibility index (Phi) is 5.86. The first-order valence-corrected chi connectivity index (χ1v) is 8.69. The van der Waals surface area contributed by atoms with E-state index in [4.69, 9.17) is 9.47 Å². The van der Waals surface area contributed by atoms with Crippen LogP contribution in [0.1, 0.15) is 21.5 Å². The van der Waals surface area contributed by atoms with Gasteiger partial charge >= 0.3 is 5.97 Å². The van der Waals surface area contributed by atoms with Crippen LogP contribution in [-0.2, 0) is 18.0 Å². The van der Waals surface area contributed by atoms with Crippen LogP contribution in [0.5, 0.6) is 5.75 Å². The van der Waals surface area contributed by atoms with Crippen molar-refractivity contribution in [2.45, 2.75) is 13.2 Å². The maximum absolute atomic E-state index is 12.2. The highest BCUT2D eigenvalue weighted by atomic mass is 79.9. The molecule has 126 valence electrons. The normalized spacial score (nSPS) is 10.3. The van der Waals surface area contributed by atoms with Crippen molar-refractivity contribution in [3.8, 4) is 5.75 Å². The van der Waals surface area contributed by atoms with Crippen LogP contribution in [0, 0.1) is 0 Å². The Balaban J connectivity index is 1.60. The van der Waals surface area contributed by atoms with Gasteiger partial charge in [0.15, 0.2) is 0 Å². The molecule has 3 nitrogen and oxygen atoms in total. The molecule has 0 aliphatic carbocycles. The van der Waals surface area contributed by atoms with Crippen molar-refractivity contribution in [1.82, 2.24) is 0 Å². The zero-order valence-corrected chi connectivity index (χ0v) is 15.1. The third kappa shape index (κ3) is 4.94. The van der Waals surface area contributed by atoms with E-state index in [-0.39, 0.29) is 12.6 Å². The topological polar surface area (TPSA) is 35.5 Å². The molecule has 0 atom stereocenters. The van der Waals surface area contributed by atoms with E-state index in [0.29, 0.717) is 22.4 Å². The van der Waals surface area contributed by atoms with Gasteiger partial charge in [0, 0.05) is 4.47 Å². The summed E-state index contributed by atoms with van der Waals surface area (Å²) in [6.45, 7) is 0.726. The molecule has 3 rings (SSSR count). The lowest BCUT2D eigenvalue weighted by Gasteiger charge is -2.10. The van der Waals surface area contributed by atoms with Gasteiger partial charge in [0.25, 0.3) is 0 Å². The van der Waals surface area contributed by atoms with E-state index in [1.807, 2.05) is 60.7 Å². The molecule has 0 bridgehead atoms. The second-order valence-corrected chi connectivity index (χ2v) is 6.33. The average Bonchev–Trinajstić information content (AvgIpc) is 2.66. The Morgan fingerprint density at radius 1 is 0.800 bits per heavy atom. The Labute approximate surface area is 155 Å². The quantitative estimate of drug-likeness (QED) is 0.524. The number of benzene rings is 3. The molecule has 25 heavy (non-hydrogen) atoms. The first-order valence-electron chi connectivity index (χ1n) is 7.90. The summed E-state index contributed by atoms with van der Waals surface area (Å²) in [5, 5.41) is 0. The minimum absolute atomic E-state index is 0.248. The lowest BCUT2D eigenvalue weighted by atomic mass is 10.2. The van der Waals surface area contributed by atoms with Gasteiger partial charge in [-0.25, -0.2) is 4.79 Å². The van der Waals surface area contributed by atoms with Gasteiger partial charge in [-0.15, -0.1) is 0 Å². The summed E-state index contributed by atoms with van der Waals surface area (Å²) in [4.78, 5) is 12.2. The Hall–Kier alpha value is -2.59. The van der Waals surface area contributed by atoms with Crippen molar-refractivity contribution < 1.29 is 14.3 Å². The van der Waals surface area contributed by atoms with Gasteiger partial charge in [0.05, 0.1) is 5.56 Å². The van der Waals surface area contributed by atoms with E-state index in [1.54, 1.807) is 18.2 Å². The smallest absolute Gasteiger partial charge is 0.339 e. The molecule has 0 amide bonds. The van der Waals surface area contributed by atoms with Gasteiger partial charge in [0.1, 0.15) is 19.0 Å². The molecule has 4 heteroatoms. The van der Waals surface area contributed by atoms with Gasteiger partial charge in [-0.2, -0.15) is 0 Å². The van der Waals surface area contributed by atoms with Gasteiger partial charge in [-0.05, 0) is 45.3 Å². The zero-order valence-electron chi connectivity index (χ0n) is 13.5. The number of ether oxygens (including phenoxy) is 2. The molecule has 0 fully saturated rings. The number of carbonyl (C=O) groups is 1. The third-order valence-corrected chi connectivity index (χ3v) is 4.28. The van der Waals surface area contributed by atoms with Crippen LogP contribution in [0.15, 0.2) is 83.3 Å². The van der Waals surface area contributed by atoms with Crippen LogP contribution < -0.4 is 4.74 Å². The van der Waals surface area contributed by atoms with Crippen molar-refractivity contribution >= 4 is 21.9 Å². The van der Waals surface area contributed by atoms with E-state index in [2.05, 4.69) is 15.9 Å². The zero-order chi connectivity index (χ0) is 17.5. The average molecular weight is 397 g/mol. The summed E-state index contributed by atoms with van der Waals surface area (Å²) in [6, 6.07) is 24.8. The Morgan fingerprint density at radius 2 is 1.40 bits per heavy atom. The molecule has 3 aromatic carbocycles. The van der Waals surface area contributed by atoms with E-state index in [1.165, 1.54) is 0 Å². The molecule has 0 saturated carbocycles. The second kappa shape index (κ2) is 8.49. The predicted molar refractivity (Wildman–Crippen MR) is 100 cm³/mol. The molecule has 3 aromatic rings. The predicted octanol–water partition coefficient (Wildman–Crippen LogP) is 5.39. The Morgan fingerprint density at radius 3 is 2.00 bits per heavy atom. The van der Waals surface area contributed by atoms with Crippen LogP contribution in [0.4, 0.5) is 0 Å². The number of rotatable bonds is 6. The van der Waals surface area contributed by atoms with Crippen LogP contribution in [0.3, 0.4) is 0 Å². The monoisotopic (exact) mass is 396 g/mol. The molecule has 0 radical (unpaired) electrons. The lowest BCUT2D eigenvalue weighted by molar-refractivity contribution is 0.0471. The highest BCUT2D eigenvalue weighted by molar-refractivity contribution is 9.10. The lowest BCUT2D eigenvalue weighted by Crippen LogP contribution is -2.06. The largest absolute Gasteiger partial charge is 0.489 e. The van der Waals surface area contributed by atoms with Crippen molar-refractivity contribution in [3.05, 3.63) is 100 Å². The summed E-state index contributed by atoms with van der Waals surface area (Å²) >= 11 is 3.42. The fourth-order valence-electron chi connectivity index (χ4n) is 2.29. The Bertz CT molecular complexity index is 832. The summed E-state index contributed by atoms with van der Waals surface area (Å²) in [5.41, 5.74) is 2.52. The molecule has 0 N–H and O–H groups in total. The minimum Gasteiger partial charge on any atom is -0.489 e. The highest BCUT2D eigenvalue weighted by Gasteiger charge is 2.12. The summed E-state index contributed by atoms with van der Waals surface area (Å²) in [6.07, 6.45) is 0. The van der Waals surface area contributed by atoms with Crippen molar-refractivity contribution in [2.24, 2.45) is 0 Å². The van der Waals surface area contributed by atoms with Gasteiger partial charge in [-0.3, -0.25) is 0 Å². The van der Waals surface area contributed by atoms with E-state index < -0.39 is 0 Å². The summed E-state index contributed by atoms with van der Waals surface area (Å²) in [5.74, 6) is 0.320. The SMILES string of the molecule is O=C(OCc1ccccc1)c1ccc(OCc2ccccc2)cc1Br. The van der Waals surface area contributed by atoms with Crippen LogP contribution >= 0.6 is 15.9 Å². The van der Waals surface area contributed by atoms with Gasteiger partial charge in [0.2, 0.25) is 0 Å². The molecule has 0 spiro atoms. The van der Waals surface area contributed by atoms with Crippen LogP contribution in [0.2, 0.25) is 0 Å². The van der Waals surface area contributed by atoms with Gasteiger partial charge in [-0.1, -0.05) is 60.7 Å². The summed E-state index contributed by atoms with van der Waals surface area (Å²) < 4.78 is 11.8. The second-order valence-electron chi connectivity index (χ2n) is 5.48. The number of hydrogen-bond donors (Lipinski definition) is 0. The fraction of sp³-hybridized carbons (Fsp3) is 0.0952. The first kappa shape index (κ1) is 17.2. The first-order chi connectivity index (χ1) is 12.2. The maximum atomic E-state index is 12.2. The maximum Gasteiger partial charge on any atom is 0.339 e. The minimum atomic E-state index is -0.370. The number of esters is 1. The number of carbonyl (C=O) groups excluding carboxylic acids is 1. The molecule has 0 aromatic heterocycles. The van der Waals surface area contributed by atoms with E-state index in [0.717, 1.165) is 11.1 Å². The van der Waals surface area contributed by atoms with E-state index in [9.17, 15) is 4.79 Å². The number of hydrogen-bond acceptors (Lipinski definition) is 3. The molecule has 0 aliphatic rings. The molecule has 0 unspecified atom stereocenters. The third-order valence-electron chi connectivity index (χ3n) is 3.62. The van der Waals surface area contributed by atoms with Gasteiger partial charge < -0.3 is 9.47 Å². The van der Waals surface area contributed by atoms with Crippen molar-refractivity contribution in [3.63, 3.8) is 0 Å². The van der Waals surface area contributed by atoms with Crippen LogP contribution in [0.25, 0.3) is 0 Å². The fourth-order valence-corrected chi connectivity index (χ4v) is 2.81. The summed E-state index contributed by atoms with van der Waals surface area (Å²) in [7, 11) is 0.